The molecule has 0 saturated carbocycles. The third-order valence-electron chi connectivity index (χ3n) is 3.99. The smallest absolute Gasteiger partial charge is 0.407 e. The first-order chi connectivity index (χ1) is 12.3. The number of amides is 1. The average molecular weight is 377 g/mol. The Morgan fingerprint density at radius 1 is 1.04 bits per heavy atom. The highest BCUT2D eigenvalue weighted by molar-refractivity contribution is 7.86. The summed E-state index contributed by atoms with van der Waals surface area (Å²) in [6.45, 7) is 3.60. The molecule has 0 unspecified atom stereocenters. The third kappa shape index (κ3) is 5.57. The van der Waals surface area contributed by atoms with Crippen LogP contribution in [0.5, 0.6) is 0 Å². The minimum absolute atomic E-state index is 0.0688. The number of rotatable bonds is 7. The molecule has 2 aromatic carbocycles. The van der Waals surface area contributed by atoms with Crippen LogP contribution in [0, 0.1) is 5.92 Å². The Hall–Kier alpha value is -2.38. The molecule has 0 spiro atoms. The van der Waals surface area contributed by atoms with Gasteiger partial charge in [-0.25, -0.2) is 4.79 Å². The second-order valence-electron chi connectivity index (χ2n) is 6.32. The number of hydrogen-bond donors (Lipinski definition) is 2. The minimum atomic E-state index is -4.45. The summed E-state index contributed by atoms with van der Waals surface area (Å²) < 4.78 is 38.9. The Balaban J connectivity index is 2.16. The van der Waals surface area contributed by atoms with E-state index in [9.17, 15) is 17.8 Å². The van der Waals surface area contributed by atoms with E-state index >= 15 is 0 Å². The fourth-order valence-electron chi connectivity index (χ4n) is 2.70. The molecule has 0 heterocycles. The van der Waals surface area contributed by atoms with Crippen molar-refractivity contribution in [3.8, 4) is 0 Å². The SMILES string of the molecule is CC(C)[C@@H](NC(=O)OCc1ccccc1)[C@H](c1ccccc1)S(=O)(=O)O. The number of alkyl carbamates (subject to hydrolysis) is 1. The molecule has 0 fully saturated rings. The van der Waals surface area contributed by atoms with Crippen molar-refractivity contribution in [2.24, 2.45) is 5.92 Å². The van der Waals surface area contributed by atoms with Crippen LogP contribution in [0.25, 0.3) is 0 Å². The molecule has 1 amide bonds. The van der Waals surface area contributed by atoms with Gasteiger partial charge in [0.25, 0.3) is 10.1 Å². The summed E-state index contributed by atoms with van der Waals surface area (Å²) in [6, 6.07) is 16.6. The van der Waals surface area contributed by atoms with Gasteiger partial charge < -0.3 is 10.1 Å². The molecule has 140 valence electrons. The highest BCUT2D eigenvalue weighted by Crippen LogP contribution is 2.29. The molecule has 2 rings (SSSR count). The first-order valence-corrected chi connectivity index (χ1v) is 9.78. The minimum Gasteiger partial charge on any atom is -0.445 e. The molecule has 7 heteroatoms. The second-order valence-corrected chi connectivity index (χ2v) is 7.86. The molecular weight excluding hydrogens is 354 g/mol. The summed E-state index contributed by atoms with van der Waals surface area (Å²) in [4.78, 5) is 12.2. The van der Waals surface area contributed by atoms with Crippen molar-refractivity contribution >= 4 is 16.2 Å². The van der Waals surface area contributed by atoms with Gasteiger partial charge in [-0.1, -0.05) is 74.5 Å². The number of hydrogen-bond acceptors (Lipinski definition) is 4. The zero-order valence-electron chi connectivity index (χ0n) is 14.7. The van der Waals surface area contributed by atoms with Crippen LogP contribution in [0.3, 0.4) is 0 Å². The standard InChI is InChI=1S/C19H23NO5S/c1-14(2)17(18(26(22,23)24)16-11-7-4-8-12-16)20-19(21)25-13-15-9-5-3-6-10-15/h3-12,14,17-18H,13H2,1-2H3,(H,20,21)(H,22,23,24)/t17-,18+/m1/s1. The molecule has 0 bridgehead atoms. The predicted molar refractivity (Wildman–Crippen MR) is 99.1 cm³/mol. The van der Waals surface area contributed by atoms with Crippen LogP contribution in [-0.4, -0.2) is 25.1 Å². The van der Waals surface area contributed by atoms with Crippen LogP contribution >= 0.6 is 0 Å². The maximum absolute atomic E-state index is 12.2. The maximum Gasteiger partial charge on any atom is 0.407 e. The largest absolute Gasteiger partial charge is 0.445 e. The monoisotopic (exact) mass is 377 g/mol. The van der Waals surface area contributed by atoms with Gasteiger partial charge in [0.05, 0.1) is 6.04 Å². The Morgan fingerprint density at radius 3 is 2.08 bits per heavy atom. The van der Waals surface area contributed by atoms with Crippen molar-refractivity contribution in [3.05, 3.63) is 71.8 Å². The summed E-state index contributed by atoms with van der Waals surface area (Å²) in [7, 11) is -4.45. The molecule has 2 atom stereocenters. The van der Waals surface area contributed by atoms with E-state index in [2.05, 4.69) is 5.32 Å². The van der Waals surface area contributed by atoms with Crippen molar-refractivity contribution < 1.29 is 22.5 Å². The van der Waals surface area contributed by atoms with Crippen molar-refractivity contribution in [3.63, 3.8) is 0 Å². The molecule has 0 radical (unpaired) electrons. The van der Waals surface area contributed by atoms with E-state index in [1.54, 1.807) is 44.2 Å². The normalized spacial score (nSPS) is 13.8. The zero-order valence-corrected chi connectivity index (χ0v) is 15.5. The fraction of sp³-hybridized carbons (Fsp3) is 0.316. The summed E-state index contributed by atoms with van der Waals surface area (Å²) in [5.74, 6) is -0.258. The third-order valence-corrected chi connectivity index (χ3v) is 5.20. The lowest BCUT2D eigenvalue weighted by atomic mass is 9.96. The highest BCUT2D eigenvalue weighted by atomic mass is 32.2. The van der Waals surface area contributed by atoms with Crippen LogP contribution in [-0.2, 0) is 21.5 Å². The first kappa shape index (κ1) is 19.9. The highest BCUT2D eigenvalue weighted by Gasteiger charge is 2.37. The van der Waals surface area contributed by atoms with Crippen molar-refractivity contribution in [2.75, 3.05) is 0 Å². The summed E-state index contributed by atoms with van der Waals surface area (Å²) in [6.07, 6.45) is -0.739. The van der Waals surface area contributed by atoms with Gasteiger partial charge in [-0.15, -0.1) is 0 Å². The Labute approximate surface area is 153 Å². The molecule has 0 aromatic heterocycles. The van der Waals surface area contributed by atoms with Gasteiger partial charge in [-0.2, -0.15) is 8.42 Å². The van der Waals surface area contributed by atoms with Gasteiger partial charge in [0, 0.05) is 0 Å². The lowest BCUT2D eigenvalue weighted by molar-refractivity contribution is 0.132. The fourth-order valence-corrected chi connectivity index (χ4v) is 3.95. The zero-order chi connectivity index (χ0) is 19.2. The molecule has 26 heavy (non-hydrogen) atoms. The van der Waals surface area contributed by atoms with Crippen molar-refractivity contribution in [1.82, 2.24) is 5.32 Å². The predicted octanol–water partition coefficient (Wildman–Crippen LogP) is 3.57. The van der Waals surface area contributed by atoms with Gasteiger partial charge in [0.1, 0.15) is 11.9 Å². The van der Waals surface area contributed by atoms with Crippen LogP contribution in [0.15, 0.2) is 60.7 Å². The van der Waals surface area contributed by atoms with Gasteiger partial charge >= 0.3 is 6.09 Å². The van der Waals surface area contributed by atoms with E-state index in [1.807, 2.05) is 30.3 Å². The van der Waals surface area contributed by atoms with E-state index in [4.69, 9.17) is 4.74 Å². The van der Waals surface area contributed by atoms with Gasteiger partial charge in [0.15, 0.2) is 0 Å². The molecule has 0 aliphatic rings. The van der Waals surface area contributed by atoms with Crippen LogP contribution in [0.2, 0.25) is 0 Å². The molecule has 0 aliphatic carbocycles. The maximum atomic E-state index is 12.2. The summed E-state index contributed by atoms with van der Waals surface area (Å²) >= 11 is 0. The van der Waals surface area contributed by atoms with Crippen LogP contribution < -0.4 is 5.32 Å². The van der Waals surface area contributed by atoms with E-state index in [-0.39, 0.29) is 12.5 Å². The quantitative estimate of drug-likeness (QED) is 0.720. The van der Waals surface area contributed by atoms with Crippen molar-refractivity contribution in [2.45, 2.75) is 31.7 Å². The molecule has 6 nitrogen and oxygen atoms in total. The Bertz CT molecular complexity index is 806. The average Bonchev–Trinajstić information content (AvgIpc) is 2.60. The number of benzene rings is 2. The van der Waals surface area contributed by atoms with E-state index < -0.39 is 27.5 Å². The summed E-state index contributed by atoms with van der Waals surface area (Å²) in [5, 5.41) is 1.31. The Kier molecular flexibility index (Phi) is 6.76. The molecule has 0 saturated heterocycles. The lowest BCUT2D eigenvalue weighted by Gasteiger charge is -2.29. The molecular formula is C19H23NO5S. The Morgan fingerprint density at radius 2 is 1.58 bits per heavy atom. The number of ether oxygens (including phenoxy) is 1. The van der Waals surface area contributed by atoms with Gasteiger partial charge in [-0.3, -0.25) is 4.55 Å². The first-order valence-electron chi connectivity index (χ1n) is 8.27. The van der Waals surface area contributed by atoms with E-state index in [0.29, 0.717) is 5.56 Å². The van der Waals surface area contributed by atoms with E-state index in [0.717, 1.165) is 5.56 Å². The molecule has 0 aliphatic heterocycles. The topological polar surface area (TPSA) is 92.7 Å². The van der Waals surface area contributed by atoms with Gasteiger partial charge in [0.2, 0.25) is 0 Å². The number of nitrogens with one attached hydrogen (secondary N) is 1. The summed E-state index contributed by atoms with van der Waals surface area (Å²) in [5.41, 5.74) is 1.22. The number of carbonyl (C=O) groups excluding carboxylic acids is 1. The second kappa shape index (κ2) is 8.82. The lowest BCUT2D eigenvalue weighted by Crippen LogP contribution is -2.45. The van der Waals surface area contributed by atoms with Gasteiger partial charge in [-0.05, 0) is 17.0 Å². The van der Waals surface area contributed by atoms with Crippen molar-refractivity contribution in [1.29, 1.82) is 0 Å². The molecule has 2 aromatic rings. The molecule has 2 N–H and O–H groups in total. The number of carbonyl (C=O) groups is 1. The van der Waals surface area contributed by atoms with Crippen LogP contribution in [0.1, 0.15) is 30.2 Å². The van der Waals surface area contributed by atoms with Crippen LogP contribution in [0.4, 0.5) is 4.79 Å². The van der Waals surface area contributed by atoms with E-state index in [1.165, 1.54) is 0 Å².